The second-order valence-corrected chi connectivity index (χ2v) is 8.25. The van der Waals surface area contributed by atoms with Crippen molar-refractivity contribution in [2.24, 2.45) is 17.3 Å². The van der Waals surface area contributed by atoms with Gasteiger partial charge in [-0.15, -0.1) is 0 Å². The predicted molar refractivity (Wildman–Crippen MR) is 98.6 cm³/mol. The summed E-state index contributed by atoms with van der Waals surface area (Å²) in [5, 5.41) is 0. The number of benzene rings is 1. The molecule has 0 bridgehead atoms. The Morgan fingerprint density at radius 2 is 1.92 bits per heavy atom. The molecule has 0 N–H and O–H groups in total. The standard InChI is InChI=1S/C22H26O4/c1-13(23)25-16-5-7-17-15(12-16)4-6-19-18(17)10-11-22(3)20(19)8-9-21(22)26-14(2)24/h4-7,12,18-21H,8-11H2,1-3H3. The van der Waals surface area contributed by atoms with E-state index in [1.807, 2.05) is 12.1 Å². The number of ether oxygens (including phenoxy) is 2. The van der Waals surface area contributed by atoms with Crippen LogP contribution < -0.4 is 4.74 Å². The first kappa shape index (κ1) is 17.3. The monoisotopic (exact) mass is 354 g/mol. The molecular weight excluding hydrogens is 328 g/mol. The fourth-order valence-electron chi connectivity index (χ4n) is 5.65. The van der Waals surface area contributed by atoms with Crippen molar-refractivity contribution in [2.45, 2.75) is 58.5 Å². The van der Waals surface area contributed by atoms with Gasteiger partial charge in [-0.3, -0.25) is 9.59 Å². The highest BCUT2D eigenvalue weighted by Gasteiger charge is 2.55. The van der Waals surface area contributed by atoms with Crippen LogP contribution in [0.2, 0.25) is 0 Å². The largest absolute Gasteiger partial charge is 0.462 e. The zero-order valence-corrected chi connectivity index (χ0v) is 15.7. The zero-order valence-electron chi connectivity index (χ0n) is 15.7. The van der Waals surface area contributed by atoms with E-state index in [-0.39, 0.29) is 23.5 Å². The third kappa shape index (κ3) is 2.76. The molecule has 0 amide bonds. The summed E-state index contributed by atoms with van der Waals surface area (Å²) >= 11 is 0. The van der Waals surface area contributed by atoms with Gasteiger partial charge >= 0.3 is 11.9 Å². The van der Waals surface area contributed by atoms with Crippen molar-refractivity contribution < 1.29 is 19.1 Å². The van der Waals surface area contributed by atoms with E-state index in [4.69, 9.17) is 9.47 Å². The van der Waals surface area contributed by atoms with E-state index in [2.05, 4.69) is 25.1 Å². The molecule has 5 atom stereocenters. The molecule has 2 saturated carbocycles. The van der Waals surface area contributed by atoms with Gasteiger partial charge in [-0.05, 0) is 66.7 Å². The molecule has 0 radical (unpaired) electrons. The molecule has 0 aromatic heterocycles. The van der Waals surface area contributed by atoms with Gasteiger partial charge in [0.1, 0.15) is 11.9 Å². The lowest BCUT2D eigenvalue weighted by Crippen LogP contribution is -2.43. The van der Waals surface area contributed by atoms with Crippen molar-refractivity contribution in [3.63, 3.8) is 0 Å². The van der Waals surface area contributed by atoms with Crippen molar-refractivity contribution in [1.82, 2.24) is 0 Å². The van der Waals surface area contributed by atoms with Gasteiger partial charge in [0, 0.05) is 19.3 Å². The maximum absolute atomic E-state index is 11.5. The fourth-order valence-corrected chi connectivity index (χ4v) is 5.65. The number of hydrogen-bond donors (Lipinski definition) is 0. The average molecular weight is 354 g/mol. The third-order valence-corrected chi connectivity index (χ3v) is 6.77. The van der Waals surface area contributed by atoms with Gasteiger partial charge in [-0.25, -0.2) is 0 Å². The Morgan fingerprint density at radius 3 is 2.65 bits per heavy atom. The molecule has 26 heavy (non-hydrogen) atoms. The van der Waals surface area contributed by atoms with Crippen LogP contribution in [0.1, 0.15) is 63.5 Å². The normalized spacial score (nSPS) is 34.4. The van der Waals surface area contributed by atoms with Gasteiger partial charge in [-0.1, -0.05) is 25.1 Å². The Labute approximate surface area is 154 Å². The van der Waals surface area contributed by atoms with Crippen LogP contribution in [-0.2, 0) is 14.3 Å². The van der Waals surface area contributed by atoms with E-state index in [1.54, 1.807) is 0 Å². The molecule has 1 aromatic rings. The highest BCUT2D eigenvalue weighted by Crippen LogP contribution is 2.60. The van der Waals surface area contributed by atoms with Crippen molar-refractivity contribution in [2.75, 3.05) is 0 Å². The number of fused-ring (bicyclic) bond motifs is 5. The quantitative estimate of drug-likeness (QED) is 0.580. The van der Waals surface area contributed by atoms with E-state index >= 15 is 0 Å². The first-order chi connectivity index (χ1) is 12.4. The third-order valence-electron chi connectivity index (χ3n) is 6.77. The molecule has 0 heterocycles. The highest BCUT2D eigenvalue weighted by molar-refractivity contribution is 5.70. The highest BCUT2D eigenvalue weighted by atomic mass is 16.5. The number of allylic oxidation sites excluding steroid dienone is 1. The summed E-state index contributed by atoms with van der Waals surface area (Å²) in [7, 11) is 0. The van der Waals surface area contributed by atoms with Crippen LogP contribution in [-0.4, -0.2) is 18.0 Å². The van der Waals surface area contributed by atoms with E-state index in [0.29, 0.717) is 23.5 Å². The van der Waals surface area contributed by atoms with E-state index < -0.39 is 0 Å². The molecular formula is C22H26O4. The molecule has 0 spiro atoms. The zero-order chi connectivity index (χ0) is 18.5. The Morgan fingerprint density at radius 1 is 1.12 bits per heavy atom. The summed E-state index contributed by atoms with van der Waals surface area (Å²) in [6.45, 7) is 5.24. The molecule has 4 nitrogen and oxygen atoms in total. The summed E-state index contributed by atoms with van der Waals surface area (Å²) in [4.78, 5) is 22.7. The van der Waals surface area contributed by atoms with Gasteiger partial charge in [0.25, 0.3) is 0 Å². The summed E-state index contributed by atoms with van der Waals surface area (Å²) < 4.78 is 10.9. The molecule has 4 rings (SSSR count). The Kier molecular flexibility index (Phi) is 4.17. The molecule has 0 aliphatic heterocycles. The number of esters is 2. The van der Waals surface area contributed by atoms with Gasteiger partial charge in [0.15, 0.2) is 0 Å². The van der Waals surface area contributed by atoms with Crippen LogP contribution in [0.4, 0.5) is 0 Å². The Bertz CT molecular complexity index is 780. The lowest BCUT2D eigenvalue weighted by Gasteiger charge is -2.48. The van der Waals surface area contributed by atoms with Crippen LogP contribution in [0.5, 0.6) is 5.75 Å². The van der Waals surface area contributed by atoms with E-state index in [9.17, 15) is 9.59 Å². The van der Waals surface area contributed by atoms with Gasteiger partial charge in [0.2, 0.25) is 0 Å². The minimum absolute atomic E-state index is 0.0482. The number of rotatable bonds is 2. The van der Waals surface area contributed by atoms with E-state index in [0.717, 1.165) is 31.2 Å². The average Bonchev–Trinajstić information content (AvgIpc) is 2.90. The molecule has 5 unspecified atom stereocenters. The second-order valence-electron chi connectivity index (χ2n) is 8.25. The predicted octanol–water partition coefficient (Wildman–Crippen LogP) is 4.48. The van der Waals surface area contributed by atoms with Crippen LogP contribution in [0.15, 0.2) is 24.3 Å². The van der Waals surface area contributed by atoms with Crippen LogP contribution in [0, 0.1) is 17.3 Å². The van der Waals surface area contributed by atoms with Crippen LogP contribution >= 0.6 is 0 Å². The minimum atomic E-state index is -0.293. The molecule has 2 fully saturated rings. The van der Waals surface area contributed by atoms with Crippen LogP contribution in [0.3, 0.4) is 0 Å². The maximum Gasteiger partial charge on any atom is 0.308 e. The first-order valence-corrected chi connectivity index (χ1v) is 9.56. The van der Waals surface area contributed by atoms with E-state index in [1.165, 1.54) is 19.4 Å². The maximum atomic E-state index is 11.5. The van der Waals surface area contributed by atoms with Crippen LogP contribution in [0.25, 0.3) is 6.08 Å². The number of carbonyl (C=O) groups is 2. The lowest BCUT2D eigenvalue weighted by molar-refractivity contribution is -0.154. The molecule has 3 aliphatic rings. The van der Waals surface area contributed by atoms with Gasteiger partial charge < -0.3 is 9.47 Å². The minimum Gasteiger partial charge on any atom is -0.462 e. The molecule has 3 aliphatic carbocycles. The summed E-state index contributed by atoms with van der Waals surface area (Å²) in [6, 6.07) is 5.99. The smallest absolute Gasteiger partial charge is 0.308 e. The van der Waals surface area contributed by atoms with Gasteiger partial charge in [0.05, 0.1) is 0 Å². The Hall–Kier alpha value is -2.10. The summed E-state index contributed by atoms with van der Waals surface area (Å²) in [5.74, 6) is 1.68. The summed E-state index contributed by atoms with van der Waals surface area (Å²) in [6.07, 6.45) is 8.82. The molecule has 138 valence electrons. The topological polar surface area (TPSA) is 52.6 Å². The lowest BCUT2D eigenvalue weighted by atomic mass is 9.57. The SMILES string of the molecule is CC(=O)Oc1ccc2c(c1)C=CC1C2CCC2(C)C(OC(C)=O)CCC12. The first-order valence-electron chi connectivity index (χ1n) is 9.56. The number of hydrogen-bond acceptors (Lipinski definition) is 4. The molecule has 0 saturated heterocycles. The van der Waals surface area contributed by atoms with Crippen molar-refractivity contribution >= 4 is 18.0 Å². The fraction of sp³-hybridized carbons (Fsp3) is 0.545. The van der Waals surface area contributed by atoms with Crippen molar-refractivity contribution in [3.8, 4) is 5.75 Å². The molecule has 1 aromatic carbocycles. The van der Waals surface area contributed by atoms with Crippen molar-refractivity contribution in [3.05, 3.63) is 35.4 Å². The van der Waals surface area contributed by atoms with Crippen molar-refractivity contribution in [1.29, 1.82) is 0 Å². The summed E-state index contributed by atoms with van der Waals surface area (Å²) in [5.41, 5.74) is 2.58. The number of carbonyl (C=O) groups excluding carboxylic acids is 2. The second kappa shape index (κ2) is 6.26. The van der Waals surface area contributed by atoms with Gasteiger partial charge in [-0.2, -0.15) is 0 Å². The Balaban J connectivity index is 1.61. The molecule has 4 heteroatoms.